The van der Waals surface area contributed by atoms with Crippen LogP contribution in [0.5, 0.6) is 0 Å². The van der Waals surface area contributed by atoms with Crippen LogP contribution in [0.25, 0.3) is 0 Å². The lowest BCUT2D eigenvalue weighted by Gasteiger charge is -2.12. The van der Waals surface area contributed by atoms with Gasteiger partial charge in [0.1, 0.15) is 0 Å². The first kappa shape index (κ1) is 20.8. The van der Waals surface area contributed by atoms with E-state index in [2.05, 4.69) is 5.32 Å². The molecule has 7 heteroatoms. The molecule has 3 aromatic rings. The number of halogens is 3. The maximum Gasteiger partial charge on any atom is 0.416 e. The monoisotopic (exact) mass is 408 g/mol. The first-order valence-electron chi connectivity index (χ1n) is 8.88. The number of carbonyl (C=O) groups is 2. The van der Waals surface area contributed by atoms with Gasteiger partial charge in [0.2, 0.25) is 0 Å². The van der Waals surface area contributed by atoms with Crippen molar-refractivity contribution < 1.29 is 22.8 Å². The average Bonchev–Trinajstić information content (AvgIpc) is 2.73. The van der Waals surface area contributed by atoms with Crippen molar-refractivity contribution in [3.8, 4) is 6.07 Å². The summed E-state index contributed by atoms with van der Waals surface area (Å²) in [5.41, 5.74) is 0.372. The number of para-hydroxylation sites is 1. The Hall–Kier alpha value is -3.92. The van der Waals surface area contributed by atoms with E-state index in [1.165, 1.54) is 36.4 Å². The van der Waals surface area contributed by atoms with Gasteiger partial charge in [0.15, 0.2) is 5.78 Å². The van der Waals surface area contributed by atoms with E-state index in [4.69, 9.17) is 5.26 Å². The lowest BCUT2D eigenvalue weighted by Crippen LogP contribution is -2.16. The van der Waals surface area contributed by atoms with E-state index in [0.717, 1.165) is 12.1 Å². The standard InChI is InChI=1S/C23H15F3N2O2/c24-23(25,26)18-8-4-5-15(12-18)13-21(29)19-9-1-2-10-20(19)28-22(30)17-7-3-6-16(11-17)14-27/h1-12H,13H2,(H,28,30). The number of anilines is 1. The van der Waals surface area contributed by atoms with Gasteiger partial charge in [0.05, 0.1) is 22.9 Å². The summed E-state index contributed by atoms with van der Waals surface area (Å²) in [4.78, 5) is 25.3. The number of nitriles is 1. The smallest absolute Gasteiger partial charge is 0.321 e. The van der Waals surface area contributed by atoms with Crippen molar-refractivity contribution in [2.24, 2.45) is 0 Å². The minimum Gasteiger partial charge on any atom is -0.321 e. The minimum absolute atomic E-state index is 0.180. The van der Waals surface area contributed by atoms with Crippen LogP contribution in [0.15, 0.2) is 72.8 Å². The molecule has 0 radical (unpaired) electrons. The van der Waals surface area contributed by atoms with Crippen molar-refractivity contribution in [1.29, 1.82) is 5.26 Å². The van der Waals surface area contributed by atoms with Gasteiger partial charge >= 0.3 is 6.18 Å². The van der Waals surface area contributed by atoms with Crippen LogP contribution in [0.3, 0.4) is 0 Å². The fourth-order valence-corrected chi connectivity index (χ4v) is 2.90. The number of rotatable bonds is 5. The van der Waals surface area contributed by atoms with Gasteiger partial charge in [-0.3, -0.25) is 9.59 Å². The molecular formula is C23H15F3N2O2. The highest BCUT2D eigenvalue weighted by atomic mass is 19.4. The Bertz CT molecular complexity index is 1150. The summed E-state index contributed by atoms with van der Waals surface area (Å²) in [6.45, 7) is 0. The quantitative estimate of drug-likeness (QED) is 0.586. The maximum atomic E-state index is 12.9. The van der Waals surface area contributed by atoms with Crippen LogP contribution in [-0.2, 0) is 12.6 Å². The second-order valence-electron chi connectivity index (χ2n) is 6.49. The average molecular weight is 408 g/mol. The van der Waals surface area contributed by atoms with E-state index in [9.17, 15) is 22.8 Å². The minimum atomic E-state index is -4.50. The molecule has 150 valence electrons. The van der Waals surface area contributed by atoms with E-state index in [1.54, 1.807) is 24.3 Å². The summed E-state index contributed by atoms with van der Waals surface area (Å²) in [7, 11) is 0. The number of amides is 1. The predicted octanol–water partition coefficient (Wildman–Crippen LogP) is 5.25. The lowest BCUT2D eigenvalue weighted by atomic mass is 9.99. The number of alkyl halides is 3. The molecule has 1 amide bonds. The van der Waals surface area contributed by atoms with Gasteiger partial charge in [-0.2, -0.15) is 18.4 Å². The molecule has 0 aromatic heterocycles. The van der Waals surface area contributed by atoms with Crippen molar-refractivity contribution in [2.75, 3.05) is 5.32 Å². The molecule has 4 nitrogen and oxygen atoms in total. The number of ketones is 1. The molecule has 1 N–H and O–H groups in total. The summed E-state index contributed by atoms with van der Waals surface area (Å²) in [6.07, 6.45) is -4.75. The zero-order valence-electron chi connectivity index (χ0n) is 15.5. The topological polar surface area (TPSA) is 70.0 Å². The zero-order chi connectivity index (χ0) is 21.7. The third kappa shape index (κ3) is 4.92. The summed E-state index contributed by atoms with van der Waals surface area (Å²) in [6, 6.07) is 18.9. The highest BCUT2D eigenvalue weighted by Gasteiger charge is 2.30. The number of carbonyl (C=O) groups excluding carboxylic acids is 2. The molecule has 0 fully saturated rings. The molecule has 3 aromatic carbocycles. The number of nitrogens with zero attached hydrogens (tertiary/aromatic N) is 1. The maximum absolute atomic E-state index is 12.9. The molecule has 0 aliphatic rings. The van der Waals surface area contributed by atoms with E-state index in [1.807, 2.05) is 6.07 Å². The largest absolute Gasteiger partial charge is 0.416 e. The number of nitrogens with one attached hydrogen (secondary N) is 1. The zero-order valence-corrected chi connectivity index (χ0v) is 15.5. The normalized spacial score (nSPS) is 10.9. The molecular weight excluding hydrogens is 393 g/mol. The molecule has 30 heavy (non-hydrogen) atoms. The molecule has 0 aliphatic carbocycles. The van der Waals surface area contributed by atoms with Gasteiger partial charge in [-0.05, 0) is 42.0 Å². The first-order valence-corrected chi connectivity index (χ1v) is 8.88. The number of benzene rings is 3. The van der Waals surface area contributed by atoms with Gasteiger partial charge < -0.3 is 5.32 Å². The third-order valence-electron chi connectivity index (χ3n) is 4.35. The van der Waals surface area contributed by atoms with Crippen molar-refractivity contribution >= 4 is 17.4 Å². The van der Waals surface area contributed by atoms with Gasteiger partial charge in [-0.25, -0.2) is 0 Å². The molecule has 0 aliphatic heterocycles. The Morgan fingerprint density at radius 1 is 0.933 bits per heavy atom. The molecule has 0 unspecified atom stereocenters. The van der Waals surface area contributed by atoms with Crippen LogP contribution in [0.2, 0.25) is 0 Å². The second kappa shape index (κ2) is 8.62. The van der Waals surface area contributed by atoms with E-state index in [-0.39, 0.29) is 28.8 Å². The van der Waals surface area contributed by atoms with Crippen molar-refractivity contribution in [1.82, 2.24) is 0 Å². The van der Waals surface area contributed by atoms with Crippen LogP contribution in [0.4, 0.5) is 18.9 Å². The van der Waals surface area contributed by atoms with Crippen LogP contribution in [0.1, 0.15) is 37.4 Å². The molecule has 0 saturated heterocycles. The van der Waals surface area contributed by atoms with E-state index < -0.39 is 23.4 Å². The second-order valence-corrected chi connectivity index (χ2v) is 6.49. The Morgan fingerprint density at radius 3 is 2.40 bits per heavy atom. The Labute approximate surface area is 170 Å². The van der Waals surface area contributed by atoms with E-state index in [0.29, 0.717) is 5.56 Å². The summed E-state index contributed by atoms with van der Waals surface area (Å²) < 4.78 is 38.7. The lowest BCUT2D eigenvalue weighted by molar-refractivity contribution is -0.137. The Balaban J connectivity index is 1.82. The van der Waals surface area contributed by atoms with Gasteiger partial charge in [-0.15, -0.1) is 0 Å². The molecule has 0 spiro atoms. The van der Waals surface area contributed by atoms with Crippen LogP contribution >= 0.6 is 0 Å². The summed E-state index contributed by atoms with van der Waals surface area (Å²) in [5.74, 6) is -0.942. The molecule has 0 bridgehead atoms. The fourth-order valence-electron chi connectivity index (χ4n) is 2.90. The van der Waals surface area contributed by atoms with Gasteiger partial charge in [-0.1, -0.05) is 36.4 Å². The predicted molar refractivity (Wildman–Crippen MR) is 105 cm³/mol. The molecule has 3 rings (SSSR count). The fraction of sp³-hybridized carbons (Fsp3) is 0.0870. The Kier molecular flexibility index (Phi) is 5.98. The number of Topliss-reactive ketones (excluding diaryl/α,β-unsaturated/α-hetero) is 1. The molecule has 0 heterocycles. The highest BCUT2D eigenvalue weighted by molar-refractivity contribution is 6.10. The van der Waals surface area contributed by atoms with Crippen LogP contribution in [0, 0.1) is 11.3 Å². The van der Waals surface area contributed by atoms with Gasteiger partial charge in [0.25, 0.3) is 5.91 Å². The number of hydrogen-bond donors (Lipinski definition) is 1. The molecule has 0 atom stereocenters. The highest BCUT2D eigenvalue weighted by Crippen LogP contribution is 2.30. The van der Waals surface area contributed by atoms with Crippen molar-refractivity contribution in [3.05, 3.63) is 101 Å². The first-order chi connectivity index (χ1) is 14.3. The third-order valence-corrected chi connectivity index (χ3v) is 4.35. The number of hydrogen-bond acceptors (Lipinski definition) is 3. The van der Waals surface area contributed by atoms with E-state index >= 15 is 0 Å². The van der Waals surface area contributed by atoms with Crippen molar-refractivity contribution in [3.63, 3.8) is 0 Å². The van der Waals surface area contributed by atoms with Crippen molar-refractivity contribution in [2.45, 2.75) is 12.6 Å². The van der Waals surface area contributed by atoms with Crippen LogP contribution < -0.4 is 5.32 Å². The van der Waals surface area contributed by atoms with Gasteiger partial charge in [0, 0.05) is 17.5 Å². The summed E-state index contributed by atoms with van der Waals surface area (Å²) in [5, 5.41) is 11.6. The summed E-state index contributed by atoms with van der Waals surface area (Å²) >= 11 is 0. The molecule has 0 saturated carbocycles. The van der Waals surface area contributed by atoms with Crippen LogP contribution in [-0.4, -0.2) is 11.7 Å². The SMILES string of the molecule is N#Cc1cccc(C(=O)Nc2ccccc2C(=O)Cc2cccc(C(F)(F)F)c2)c1. The Morgan fingerprint density at radius 2 is 1.67 bits per heavy atom.